The quantitative estimate of drug-likeness (QED) is 0.494. The number of nitrogens with one attached hydrogen (secondary N) is 2. The fraction of sp³-hybridized carbons (Fsp3) is 0.440. The predicted molar refractivity (Wildman–Crippen MR) is 125 cm³/mol. The second-order valence-electron chi connectivity index (χ2n) is 8.40. The van der Waals surface area contributed by atoms with Gasteiger partial charge in [0.1, 0.15) is 11.6 Å². The molecule has 1 aliphatic carbocycles. The number of hydrogen-bond acceptors (Lipinski definition) is 4. The topological polar surface area (TPSA) is 90.5 Å². The average molecular weight is 437 g/mol. The molecule has 7 heteroatoms. The number of aliphatic hydroxyl groups excluding tert-OH is 1. The van der Waals surface area contributed by atoms with E-state index in [1.165, 1.54) is 6.42 Å². The number of para-hydroxylation sites is 2. The summed E-state index contributed by atoms with van der Waals surface area (Å²) in [6.07, 6.45) is 6.03. The maximum atomic E-state index is 13.4. The van der Waals surface area contributed by atoms with Crippen molar-refractivity contribution in [2.45, 2.75) is 50.6 Å². The highest BCUT2D eigenvalue weighted by Gasteiger charge is 2.28. The van der Waals surface area contributed by atoms with Gasteiger partial charge in [0.2, 0.25) is 0 Å². The molecule has 0 radical (unpaired) electrons. The van der Waals surface area contributed by atoms with E-state index in [-0.39, 0.29) is 24.7 Å². The Kier molecular flexibility index (Phi) is 7.27. The number of hydrogen-bond donors (Lipinski definition) is 3. The first kappa shape index (κ1) is 22.1. The van der Waals surface area contributed by atoms with Crippen LogP contribution in [0.4, 0.5) is 4.79 Å². The number of rotatable bonds is 8. The predicted octanol–water partition coefficient (Wildman–Crippen LogP) is 4.19. The highest BCUT2D eigenvalue weighted by atomic mass is 16.5. The number of urea groups is 1. The molecule has 7 nitrogen and oxygen atoms in total. The van der Waals surface area contributed by atoms with E-state index in [4.69, 9.17) is 9.72 Å². The number of ether oxygens (including phenoxy) is 1. The molecule has 0 saturated heterocycles. The number of aliphatic hydroxyl groups is 1. The van der Waals surface area contributed by atoms with Crippen molar-refractivity contribution in [2.24, 2.45) is 0 Å². The van der Waals surface area contributed by atoms with E-state index in [0.29, 0.717) is 13.0 Å². The summed E-state index contributed by atoms with van der Waals surface area (Å²) in [5.41, 5.74) is 2.88. The van der Waals surface area contributed by atoms with Crippen molar-refractivity contribution < 1.29 is 14.6 Å². The summed E-state index contributed by atoms with van der Waals surface area (Å²) in [4.78, 5) is 23.3. The van der Waals surface area contributed by atoms with Gasteiger partial charge in [0.25, 0.3) is 0 Å². The van der Waals surface area contributed by atoms with Crippen molar-refractivity contribution in [1.29, 1.82) is 0 Å². The number of carbonyl (C=O) groups is 1. The molecule has 1 aromatic heterocycles. The van der Waals surface area contributed by atoms with E-state index in [1.807, 2.05) is 53.4 Å². The molecule has 0 aliphatic heterocycles. The molecule has 3 aromatic rings. The third-order valence-corrected chi connectivity index (χ3v) is 6.25. The number of carbonyl (C=O) groups excluding carboxylic acids is 1. The summed E-state index contributed by atoms with van der Waals surface area (Å²) >= 11 is 0. The summed E-state index contributed by atoms with van der Waals surface area (Å²) < 4.78 is 5.27. The maximum absolute atomic E-state index is 13.4. The Balaban J connectivity index is 1.58. The third kappa shape index (κ3) is 5.22. The number of methoxy groups -OCH3 is 1. The molecule has 1 heterocycles. The molecule has 1 atom stereocenters. The lowest BCUT2D eigenvalue weighted by Gasteiger charge is -2.35. The minimum Gasteiger partial charge on any atom is -0.497 e. The van der Waals surface area contributed by atoms with Crippen molar-refractivity contribution in [3.8, 4) is 5.75 Å². The zero-order valence-corrected chi connectivity index (χ0v) is 18.6. The van der Waals surface area contributed by atoms with E-state index in [0.717, 1.165) is 53.9 Å². The standard InChI is InChI=1S/C25H32N4O3/c1-32-20-13-11-18(12-14-20)17-23(24-26-21-9-5-6-10-22(21)27-24)28-25(31)29(15-16-30)19-7-3-2-4-8-19/h5-6,9-14,19,23,30H,2-4,7-8,15-17H2,1H3,(H,26,27)(H,28,31). The lowest BCUT2D eigenvalue weighted by molar-refractivity contribution is 0.132. The Morgan fingerprint density at radius 3 is 2.62 bits per heavy atom. The van der Waals surface area contributed by atoms with Gasteiger partial charge in [-0.1, -0.05) is 43.5 Å². The van der Waals surface area contributed by atoms with Gasteiger partial charge in [-0.25, -0.2) is 9.78 Å². The van der Waals surface area contributed by atoms with E-state index in [9.17, 15) is 9.90 Å². The number of nitrogens with zero attached hydrogens (tertiary/aromatic N) is 2. The SMILES string of the molecule is COc1ccc(CC(NC(=O)N(CCO)C2CCCCC2)c2nc3ccccc3[nH]2)cc1. The molecule has 0 spiro atoms. The zero-order chi connectivity index (χ0) is 22.3. The lowest BCUT2D eigenvalue weighted by Crippen LogP contribution is -2.49. The van der Waals surface area contributed by atoms with Crippen molar-refractivity contribution in [3.63, 3.8) is 0 Å². The van der Waals surface area contributed by atoms with Crippen molar-refractivity contribution >= 4 is 17.1 Å². The number of H-pyrrole nitrogens is 1. The van der Waals surface area contributed by atoms with Gasteiger partial charge in [-0.3, -0.25) is 0 Å². The average Bonchev–Trinajstić information content (AvgIpc) is 3.27. The third-order valence-electron chi connectivity index (χ3n) is 6.25. The molecule has 3 N–H and O–H groups in total. The number of aromatic amines is 1. The normalized spacial score (nSPS) is 15.4. The van der Waals surface area contributed by atoms with Gasteiger partial charge >= 0.3 is 6.03 Å². The fourth-order valence-electron chi connectivity index (χ4n) is 4.53. The van der Waals surface area contributed by atoms with Crippen molar-refractivity contribution in [2.75, 3.05) is 20.3 Å². The molecule has 1 aliphatic rings. The van der Waals surface area contributed by atoms with Gasteiger partial charge < -0.3 is 25.0 Å². The molecule has 32 heavy (non-hydrogen) atoms. The minimum absolute atomic E-state index is 0.0439. The van der Waals surface area contributed by atoms with Crippen LogP contribution in [-0.4, -0.2) is 52.3 Å². The van der Waals surface area contributed by atoms with Crippen LogP contribution in [0.2, 0.25) is 0 Å². The molecule has 4 rings (SSSR count). The number of imidazole rings is 1. The number of amides is 2. The summed E-state index contributed by atoms with van der Waals surface area (Å²) in [6.45, 7) is 0.295. The number of fused-ring (bicyclic) bond motifs is 1. The molecule has 0 bridgehead atoms. The molecule has 1 unspecified atom stereocenters. The van der Waals surface area contributed by atoms with Crippen LogP contribution in [-0.2, 0) is 6.42 Å². The highest BCUT2D eigenvalue weighted by molar-refractivity contribution is 5.77. The molecular weight excluding hydrogens is 404 g/mol. The van der Waals surface area contributed by atoms with Crippen molar-refractivity contribution in [3.05, 3.63) is 59.9 Å². The first-order valence-corrected chi connectivity index (χ1v) is 11.4. The fourth-order valence-corrected chi connectivity index (χ4v) is 4.53. The first-order valence-electron chi connectivity index (χ1n) is 11.4. The molecule has 1 saturated carbocycles. The largest absolute Gasteiger partial charge is 0.497 e. The summed E-state index contributed by atoms with van der Waals surface area (Å²) in [7, 11) is 1.65. The smallest absolute Gasteiger partial charge is 0.318 e. The van der Waals surface area contributed by atoms with Gasteiger partial charge in [0, 0.05) is 12.6 Å². The van der Waals surface area contributed by atoms with Crippen LogP contribution in [0, 0.1) is 0 Å². The Hall–Kier alpha value is -3.06. The summed E-state index contributed by atoms with van der Waals surface area (Å²) in [6, 6.07) is 15.4. The van der Waals surface area contributed by atoms with Gasteiger partial charge in [0.05, 0.1) is 30.8 Å². The first-order chi connectivity index (χ1) is 15.7. The van der Waals surface area contributed by atoms with Crippen molar-refractivity contribution in [1.82, 2.24) is 20.2 Å². The van der Waals surface area contributed by atoms with Gasteiger partial charge in [0.15, 0.2) is 0 Å². The van der Waals surface area contributed by atoms with Gasteiger partial charge in [-0.15, -0.1) is 0 Å². The van der Waals surface area contributed by atoms with Crippen LogP contribution in [0.25, 0.3) is 11.0 Å². The minimum atomic E-state index is -0.326. The monoisotopic (exact) mass is 436 g/mol. The van der Waals surface area contributed by atoms with E-state index in [2.05, 4.69) is 10.3 Å². The van der Waals surface area contributed by atoms with E-state index < -0.39 is 0 Å². The summed E-state index contributed by atoms with van der Waals surface area (Å²) in [5.74, 6) is 1.52. The van der Waals surface area contributed by atoms with Gasteiger partial charge in [-0.05, 0) is 49.1 Å². The second kappa shape index (κ2) is 10.5. The zero-order valence-electron chi connectivity index (χ0n) is 18.6. The number of benzene rings is 2. The van der Waals surface area contributed by atoms with Crippen LogP contribution in [0.15, 0.2) is 48.5 Å². The van der Waals surface area contributed by atoms with E-state index >= 15 is 0 Å². The van der Waals surface area contributed by atoms with Crippen LogP contribution < -0.4 is 10.1 Å². The van der Waals surface area contributed by atoms with Crippen LogP contribution in [0.5, 0.6) is 5.75 Å². The Bertz CT molecular complexity index is 978. The summed E-state index contributed by atoms with van der Waals surface area (Å²) in [5, 5.41) is 12.8. The highest BCUT2D eigenvalue weighted by Crippen LogP contribution is 2.25. The molecular formula is C25H32N4O3. The van der Waals surface area contributed by atoms with Crippen LogP contribution >= 0.6 is 0 Å². The molecule has 2 aromatic carbocycles. The Morgan fingerprint density at radius 1 is 1.19 bits per heavy atom. The lowest BCUT2D eigenvalue weighted by atomic mass is 9.94. The molecule has 170 valence electrons. The molecule has 2 amide bonds. The Labute approximate surface area is 188 Å². The van der Waals surface area contributed by atoms with Crippen LogP contribution in [0.1, 0.15) is 49.5 Å². The molecule has 1 fully saturated rings. The number of aromatic nitrogens is 2. The van der Waals surface area contributed by atoms with Crippen LogP contribution in [0.3, 0.4) is 0 Å². The maximum Gasteiger partial charge on any atom is 0.318 e. The van der Waals surface area contributed by atoms with Gasteiger partial charge in [-0.2, -0.15) is 0 Å². The second-order valence-corrected chi connectivity index (χ2v) is 8.40. The Morgan fingerprint density at radius 2 is 1.94 bits per heavy atom. The van der Waals surface area contributed by atoms with E-state index in [1.54, 1.807) is 7.11 Å².